The molecule has 18 heavy (non-hydrogen) atoms. The van der Waals surface area contributed by atoms with Crippen molar-refractivity contribution in [1.29, 1.82) is 0 Å². The maximum atomic E-state index is 10.5. The first-order chi connectivity index (χ1) is 8.38. The van der Waals surface area contributed by atoms with Crippen LogP contribution in [-0.2, 0) is 16.1 Å². The van der Waals surface area contributed by atoms with Crippen molar-refractivity contribution in [3.8, 4) is 11.5 Å². The number of phenolic OH excluding ortho intramolecular Hbond substituents is 2. The molecule has 0 bridgehead atoms. The molecule has 0 atom stereocenters. The molecule has 1 aromatic rings. The number of carbonyl (C=O) groups is 2. The van der Waals surface area contributed by atoms with Crippen molar-refractivity contribution in [3.63, 3.8) is 0 Å². The number of hydrogen-bond donors (Lipinski definition) is 3. The number of carboxylic acids is 2. The summed E-state index contributed by atoms with van der Waals surface area (Å²) in [5.74, 6) is -3.17. The summed E-state index contributed by atoms with van der Waals surface area (Å²) < 4.78 is 0. The molecule has 0 saturated carbocycles. The number of phenols is 2. The number of nitrogens with one attached hydrogen (secondary N) is 1. The Hall–Kier alpha value is -2.28. The number of carbonyl (C=O) groups excluding carboxylic acids is 2. The van der Waals surface area contributed by atoms with Gasteiger partial charge in [-0.05, 0) is 12.1 Å². The third kappa shape index (κ3) is 4.30. The van der Waals surface area contributed by atoms with Crippen LogP contribution in [0.3, 0.4) is 0 Å². The highest BCUT2D eigenvalue weighted by atomic mass is 16.4. The van der Waals surface area contributed by atoms with E-state index in [1.165, 1.54) is 12.1 Å². The van der Waals surface area contributed by atoms with E-state index < -0.39 is 25.0 Å². The lowest BCUT2D eigenvalue weighted by Crippen LogP contribution is -3.13. The second-order valence-corrected chi connectivity index (χ2v) is 3.84. The Balaban J connectivity index is 2.81. The molecule has 0 radical (unpaired) electrons. The molecule has 7 nitrogen and oxygen atoms in total. The summed E-state index contributed by atoms with van der Waals surface area (Å²) >= 11 is 0. The first kappa shape index (κ1) is 13.8. The number of carboxylic acid groups (broad SMARTS) is 2. The van der Waals surface area contributed by atoms with Crippen molar-refractivity contribution < 1.29 is 34.9 Å². The van der Waals surface area contributed by atoms with E-state index in [0.717, 1.165) is 6.07 Å². The first-order valence-corrected chi connectivity index (χ1v) is 5.12. The Morgan fingerprint density at radius 3 is 2.11 bits per heavy atom. The molecule has 7 heteroatoms. The second-order valence-electron chi connectivity index (χ2n) is 3.84. The van der Waals surface area contributed by atoms with Gasteiger partial charge in [0.1, 0.15) is 31.1 Å². The molecule has 0 amide bonds. The minimum atomic E-state index is -1.40. The van der Waals surface area contributed by atoms with E-state index in [1.54, 1.807) is 0 Å². The Morgan fingerprint density at radius 1 is 1.11 bits per heavy atom. The summed E-state index contributed by atoms with van der Waals surface area (Å²) in [5.41, 5.74) is 0.324. The van der Waals surface area contributed by atoms with Crippen LogP contribution in [0.25, 0.3) is 0 Å². The van der Waals surface area contributed by atoms with E-state index in [-0.39, 0.29) is 22.9 Å². The molecule has 0 heterocycles. The largest absolute Gasteiger partial charge is 0.544 e. The molecule has 3 N–H and O–H groups in total. The van der Waals surface area contributed by atoms with Gasteiger partial charge in [-0.25, -0.2) is 0 Å². The average Bonchev–Trinajstić information content (AvgIpc) is 2.20. The number of aromatic hydroxyl groups is 2. The van der Waals surface area contributed by atoms with Gasteiger partial charge in [0, 0.05) is 11.6 Å². The fraction of sp³-hybridized carbons (Fsp3) is 0.273. The van der Waals surface area contributed by atoms with Crippen LogP contribution < -0.4 is 15.1 Å². The van der Waals surface area contributed by atoms with E-state index >= 15 is 0 Å². The highest BCUT2D eigenvalue weighted by Gasteiger charge is 2.13. The van der Waals surface area contributed by atoms with Crippen molar-refractivity contribution in [2.75, 3.05) is 13.1 Å². The van der Waals surface area contributed by atoms with Gasteiger partial charge in [-0.1, -0.05) is 0 Å². The Kier molecular flexibility index (Phi) is 4.50. The molecule has 0 saturated heterocycles. The van der Waals surface area contributed by atoms with E-state index in [1.807, 2.05) is 0 Å². The van der Waals surface area contributed by atoms with Crippen LogP contribution in [0.5, 0.6) is 11.5 Å². The number of rotatable bonds is 6. The molecule has 0 unspecified atom stereocenters. The van der Waals surface area contributed by atoms with Crippen LogP contribution in [-0.4, -0.2) is 35.2 Å². The summed E-state index contributed by atoms with van der Waals surface area (Å²) in [6.07, 6.45) is 0. The van der Waals surface area contributed by atoms with E-state index in [4.69, 9.17) is 5.11 Å². The highest BCUT2D eigenvalue weighted by Crippen LogP contribution is 2.21. The number of benzene rings is 1. The number of hydrogen-bond acceptors (Lipinski definition) is 6. The Bertz CT molecular complexity index is 443. The zero-order valence-corrected chi connectivity index (χ0v) is 9.38. The zero-order chi connectivity index (χ0) is 13.7. The number of aliphatic carboxylic acids is 2. The van der Waals surface area contributed by atoms with E-state index in [9.17, 15) is 24.9 Å². The van der Waals surface area contributed by atoms with Gasteiger partial charge in [0.05, 0.1) is 11.9 Å². The fourth-order valence-corrected chi connectivity index (χ4v) is 1.57. The lowest BCUT2D eigenvalue weighted by molar-refractivity contribution is -0.902. The van der Waals surface area contributed by atoms with Gasteiger partial charge in [0.2, 0.25) is 0 Å². The van der Waals surface area contributed by atoms with Crippen LogP contribution in [0.1, 0.15) is 5.56 Å². The van der Waals surface area contributed by atoms with Gasteiger partial charge >= 0.3 is 0 Å². The van der Waals surface area contributed by atoms with E-state index in [0.29, 0.717) is 5.56 Å². The van der Waals surface area contributed by atoms with E-state index in [2.05, 4.69) is 0 Å². The van der Waals surface area contributed by atoms with Gasteiger partial charge in [-0.15, -0.1) is 0 Å². The third-order valence-corrected chi connectivity index (χ3v) is 2.30. The fourth-order valence-electron chi connectivity index (χ4n) is 1.57. The maximum Gasteiger partial charge on any atom is 0.128 e. The van der Waals surface area contributed by atoms with Crippen molar-refractivity contribution in [2.24, 2.45) is 0 Å². The van der Waals surface area contributed by atoms with Gasteiger partial charge in [-0.3, -0.25) is 0 Å². The minimum absolute atomic E-state index is 0.0337. The average molecular weight is 254 g/mol. The molecule has 0 aliphatic heterocycles. The van der Waals surface area contributed by atoms with Crippen molar-refractivity contribution in [3.05, 3.63) is 23.8 Å². The van der Waals surface area contributed by atoms with Gasteiger partial charge < -0.3 is 34.9 Å². The summed E-state index contributed by atoms with van der Waals surface area (Å²) in [6, 6.07) is 3.78. The molecule has 1 aromatic carbocycles. The summed E-state index contributed by atoms with van der Waals surface area (Å²) in [5, 5.41) is 39.5. The summed E-state index contributed by atoms with van der Waals surface area (Å²) in [7, 11) is 0. The lowest BCUT2D eigenvalue weighted by Gasteiger charge is -2.20. The predicted molar refractivity (Wildman–Crippen MR) is 54.2 cm³/mol. The molecule has 0 aliphatic carbocycles. The van der Waals surface area contributed by atoms with Gasteiger partial charge in [0.15, 0.2) is 0 Å². The maximum absolute atomic E-state index is 10.5. The Labute approximate surface area is 103 Å². The normalized spacial score (nSPS) is 10.5. The number of quaternary nitrogens is 1. The van der Waals surface area contributed by atoms with Crippen LogP contribution in [0.2, 0.25) is 0 Å². The molecular formula is C11H12NO6-. The SMILES string of the molecule is O=C([O-])C[NH+](CC(=O)[O-])Cc1ccc(O)cc1O. The minimum Gasteiger partial charge on any atom is -0.544 e. The van der Waals surface area contributed by atoms with Gasteiger partial charge in [0.25, 0.3) is 0 Å². The topological polar surface area (TPSA) is 125 Å². The lowest BCUT2D eigenvalue weighted by atomic mass is 10.1. The molecule has 0 spiro atoms. The molecular weight excluding hydrogens is 242 g/mol. The molecule has 0 aliphatic rings. The molecule has 0 aromatic heterocycles. The van der Waals surface area contributed by atoms with Crippen LogP contribution in [0.15, 0.2) is 18.2 Å². The molecule has 98 valence electrons. The monoisotopic (exact) mass is 254 g/mol. The van der Waals surface area contributed by atoms with Crippen LogP contribution in [0, 0.1) is 0 Å². The van der Waals surface area contributed by atoms with Crippen LogP contribution >= 0.6 is 0 Å². The van der Waals surface area contributed by atoms with Gasteiger partial charge in [-0.2, -0.15) is 0 Å². The van der Waals surface area contributed by atoms with Crippen LogP contribution in [0.4, 0.5) is 0 Å². The smallest absolute Gasteiger partial charge is 0.128 e. The predicted octanol–water partition coefficient (Wildman–Crippen LogP) is -4.02. The summed E-state index contributed by atoms with van der Waals surface area (Å²) in [4.78, 5) is 21.1. The summed E-state index contributed by atoms with van der Waals surface area (Å²) in [6.45, 7) is -1.07. The first-order valence-electron chi connectivity index (χ1n) is 5.12. The Morgan fingerprint density at radius 2 is 1.67 bits per heavy atom. The molecule has 0 fully saturated rings. The third-order valence-electron chi connectivity index (χ3n) is 2.30. The zero-order valence-electron chi connectivity index (χ0n) is 9.38. The quantitative estimate of drug-likeness (QED) is 0.475. The highest BCUT2D eigenvalue weighted by molar-refractivity contribution is 5.67. The molecule has 1 rings (SSSR count). The van der Waals surface area contributed by atoms with Crippen molar-refractivity contribution >= 4 is 11.9 Å². The van der Waals surface area contributed by atoms with Crippen molar-refractivity contribution in [2.45, 2.75) is 6.54 Å². The second kappa shape index (κ2) is 5.87. The standard InChI is InChI=1S/C11H13NO6/c13-8-2-1-7(9(14)3-8)4-12(5-10(15)16)6-11(17)18/h1-3,13-14H,4-6H2,(H,15,16)(H,17,18)/p-1. The van der Waals surface area contributed by atoms with Crippen molar-refractivity contribution in [1.82, 2.24) is 0 Å².